The molecule has 25 heavy (non-hydrogen) atoms. The Morgan fingerprint density at radius 3 is 2.72 bits per heavy atom. The number of likely N-dealkylation sites (tertiary alicyclic amines) is 1. The fraction of sp³-hybridized carbons (Fsp3) is 0.526. The summed E-state index contributed by atoms with van der Waals surface area (Å²) in [5.74, 6) is 0. The van der Waals surface area contributed by atoms with Gasteiger partial charge in [0, 0.05) is 37.2 Å². The molecule has 0 aliphatic carbocycles. The van der Waals surface area contributed by atoms with Crippen molar-refractivity contribution in [2.75, 3.05) is 6.54 Å². The van der Waals surface area contributed by atoms with Crippen molar-refractivity contribution < 1.29 is 4.79 Å². The molecule has 6 nitrogen and oxygen atoms in total. The Balaban J connectivity index is 1.77. The molecular formula is C19H27N5O. The molecule has 0 spiro atoms. The second kappa shape index (κ2) is 7.68. The predicted octanol–water partition coefficient (Wildman–Crippen LogP) is 3.51. The molecule has 1 fully saturated rings. The zero-order valence-electron chi connectivity index (χ0n) is 15.3. The number of aryl methyl sites for hydroxylation is 1. The lowest BCUT2D eigenvalue weighted by Crippen LogP contribution is -2.43. The van der Waals surface area contributed by atoms with E-state index in [-0.39, 0.29) is 18.1 Å². The average Bonchev–Trinajstić information content (AvgIpc) is 2.83. The molecule has 1 aliphatic heterocycles. The summed E-state index contributed by atoms with van der Waals surface area (Å²) in [6.45, 7) is 4.83. The standard InChI is InChI=1S/C19H27N5O/c1-14(17-13-21-23(3)15(17)2)22-19(25)24-12-6-4-5-7-18(24)16-8-10-20-11-9-16/h8-11,13-14,18H,4-7,12H2,1-3H3,(H,22,25). The zero-order chi connectivity index (χ0) is 17.8. The topological polar surface area (TPSA) is 63.1 Å². The van der Waals surface area contributed by atoms with Crippen molar-refractivity contribution in [3.05, 3.63) is 47.5 Å². The normalized spacial score (nSPS) is 19.3. The van der Waals surface area contributed by atoms with Crippen LogP contribution >= 0.6 is 0 Å². The van der Waals surface area contributed by atoms with E-state index in [1.54, 1.807) is 12.4 Å². The van der Waals surface area contributed by atoms with Crippen LogP contribution in [0.3, 0.4) is 0 Å². The maximum atomic E-state index is 13.0. The second-order valence-electron chi connectivity index (χ2n) is 6.82. The summed E-state index contributed by atoms with van der Waals surface area (Å²) in [7, 11) is 1.92. The van der Waals surface area contributed by atoms with Gasteiger partial charge in [0.1, 0.15) is 0 Å². The SMILES string of the molecule is Cc1c(C(C)NC(=O)N2CCCCCC2c2ccncc2)cnn1C. The number of amides is 2. The van der Waals surface area contributed by atoms with Gasteiger partial charge in [0.05, 0.1) is 18.3 Å². The molecule has 134 valence electrons. The highest BCUT2D eigenvalue weighted by Crippen LogP contribution is 2.30. The molecule has 3 rings (SSSR count). The molecule has 0 radical (unpaired) electrons. The van der Waals surface area contributed by atoms with Gasteiger partial charge in [-0.05, 0) is 44.4 Å². The van der Waals surface area contributed by atoms with Crippen molar-refractivity contribution in [2.24, 2.45) is 7.05 Å². The summed E-state index contributed by atoms with van der Waals surface area (Å²) < 4.78 is 1.84. The van der Waals surface area contributed by atoms with E-state index >= 15 is 0 Å². The maximum absolute atomic E-state index is 13.0. The molecule has 1 aliphatic rings. The lowest BCUT2D eigenvalue weighted by molar-refractivity contribution is 0.172. The van der Waals surface area contributed by atoms with Gasteiger partial charge in [-0.1, -0.05) is 12.8 Å². The first-order valence-electron chi connectivity index (χ1n) is 9.03. The van der Waals surface area contributed by atoms with Crippen LogP contribution in [0.5, 0.6) is 0 Å². The number of aromatic nitrogens is 3. The maximum Gasteiger partial charge on any atom is 0.318 e. The summed E-state index contributed by atoms with van der Waals surface area (Å²) in [5, 5.41) is 7.44. The molecule has 0 aromatic carbocycles. The van der Waals surface area contributed by atoms with Crippen molar-refractivity contribution in [3.63, 3.8) is 0 Å². The van der Waals surface area contributed by atoms with Gasteiger partial charge in [0.25, 0.3) is 0 Å². The van der Waals surface area contributed by atoms with Crippen molar-refractivity contribution in [1.82, 2.24) is 25.0 Å². The van der Waals surface area contributed by atoms with Crippen LogP contribution in [0.4, 0.5) is 4.79 Å². The van der Waals surface area contributed by atoms with Crippen LogP contribution in [-0.4, -0.2) is 32.2 Å². The van der Waals surface area contributed by atoms with Crippen LogP contribution in [0.1, 0.15) is 61.5 Å². The third-order valence-electron chi connectivity index (χ3n) is 5.18. The van der Waals surface area contributed by atoms with E-state index in [9.17, 15) is 4.79 Å². The Morgan fingerprint density at radius 2 is 2.04 bits per heavy atom. The Hall–Kier alpha value is -2.37. The van der Waals surface area contributed by atoms with Crippen molar-refractivity contribution >= 4 is 6.03 Å². The highest BCUT2D eigenvalue weighted by Gasteiger charge is 2.28. The Bertz CT molecular complexity index is 712. The summed E-state index contributed by atoms with van der Waals surface area (Å²) >= 11 is 0. The molecule has 0 bridgehead atoms. The van der Waals surface area contributed by atoms with E-state index in [1.807, 2.05) is 48.8 Å². The number of carbonyl (C=O) groups is 1. The van der Waals surface area contributed by atoms with Crippen molar-refractivity contribution in [3.8, 4) is 0 Å². The third-order valence-corrected chi connectivity index (χ3v) is 5.18. The zero-order valence-corrected chi connectivity index (χ0v) is 15.3. The molecule has 2 amide bonds. The van der Waals surface area contributed by atoms with E-state index in [0.29, 0.717) is 0 Å². The number of hydrogen-bond donors (Lipinski definition) is 1. The number of rotatable bonds is 3. The van der Waals surface area contributed by atoms with Gasteiger partial charge < -0.3 is 10.2 Å². The lowest BCUT2D eigenvalue weighted by atomic mass is 10.0. The smallest absolute Gasteiger partial charge is 0.318 e. The second-order valence-corrected chi connectivity index (χ2v) is 6.82. The minimum atomic E-state index is -0.0671. The fourth-order valence-electron chi connectivity index (χ4n) is 3.57. The van der Waals surface area contributed by atoms with Gasteiger partial charge in [-0.3, -0.25) is 9.67 Å². The van der Waals surface area contributed by atoms with Gasteiger partial charge in [-0.2, -0.15) is 5.10 Å². The van der Waals surface area contributed by atoms with E-state index in [1.165, 1.54) is 6.42 Å². The number of pyridine rings is 1. The molecule has 3 heterocycles. The van der Waals surface area contributed by atoms with Gasteiger partial charge in [-0.15, -0.1) is 0 Å². The average molecular weight is 341 g/mol. The van der Waals surface area contributed by atoms with Crippen LogP contribution < -0.4 is 5.32 Å². The minimum absolute atomic E-state index is 0.000495. The van der Waals surface area contributed by atoms with Crippen LogP contribution in [-0.2, 0) is 7.05 Å². The van der Waals surface area contributed by atoms with Crippen LogP contribution in [0.15, 0.2) is 30.7 Å². The van der Waals surface area contributed by atoms with Crippen molar-refractivity contribution in [1.29, 1.82) is 0 Å². The monoisotopic (exact) mass is 341 g/mol. The summed E-state index contributed by atoms with van der Waals surface area (Å²) in [5.41, 5.74) is 3.30. The number of nitrogens with one attached hydrogen (secondary N) is 1. The molecular weight excluding hydrogens is 314 g/mol. The Kier molecular flexibility index (Phi) is 5.36. The number of urea groups is 1. The Morgan fingerprint density at radius 1 is 1.28 bits per heavy atom. The van der Waals surface area contributed by atoms with E-state index in [4.69, 9.17) is 0 Å². The minimum Gasteiger partial charge on any atom is -0.331 e. The molecule has 2 aromatic heterocycles. The first-order valence-corrected chi connectivity index (χ1v) is 9.03. The molecule has 0 saturated carbocycles. The highest BCUT2D eigenvalue weighted by molar-refractivity contribution is 5.75. The molecule has 2 atom stereocenters. The molecule has 2 aromatic rings. The number of carbonyl (C=O) groups excluding carboxylic acids is 1. The van der Waals surface area contributed by atoms with Gasteiger partial charge in [0.15, 0.2) is 0 Å². The largest absolute Gasteiger partial charge is 0.331 e. The summed E-state index contributed by atoms with van der Waals surface area (Å²) in [6.07, 6.45) is 9.81. The van der Waals surface area contributed by atoms with Gasteiger partial charge >= 0.3 is 6.03 Å². The summed E-state index contributed by atoms with van der Waals surface area (Å²) in [4.78, 5) is 19.1. The van der Waals surface area contributed by atoms with Crippen molar-refractivity contribution in [2.45, 2.75) is 51.6 Å². The highest BCUT2D eigenvalue weighted by atomic mass is 16.2. The van der Waals surface area contributed by atoms with Crippen LogP contribution in [0.25, 0.3) is 0 Å². The van der Waals surface area contributed by atoms with E-state index in [0.717, 1.165) is 42.6 Å². The third kappa shape index (κ3) is 3.83. The van der Waals surface area contributed by atoms with Crippen LogP contribution in [0.2, 0.25) is 0 Å². The van der Waals surface area contributed by atoms with Gasteiger partial charge in [0.2, 0.25) is 0 Å². The van der Waals surface area contributed by atoms with E-state index in [2.05, 4.69) is 15.4 Å². The molecule has 1 N–H and O–H groups in total. The predicted molar refractivity (Wildman–Crippen MR) is 97.0 cm³/mol. The molecule has 1 saturated heterocycles. The number of nitrogens with zero attached hydrogens (tertiary/aromatic N) is 4. The van der Waals surface area contributed by atoms with Gasteiger partial charge in [-0.25, -0.2) is 4.79 Å². The Labute approximate surface area is 149 Å². The molecule has 6 heteroatoms. The first-order chi connectivity index (χ1) is 12.1. The fourth-order valence-corrected chi connectivity index (χ4v) is 3.57. The van der Waals surface area contributed by atoms with E-state index < -0.39 is 0 Å². The number of hydrogen-bond acceptors (Lipinski definition) is 3. The summed E-state index contributed by atoms with van der Waals surface area (Å²) in [6, 6.07) is 4.09. The lowest BCUT2D eigenvalue weighted by Gasteiger charge is -2.31. The molecule has 2 unspecified atom stereocenters. The van der Waals surface area contributed by atoms with Crippen LogP contribution in [0, 0.1) is 6.92 Å². The quantitative estimate of drug-likeness (QED) is 0.929. The first kappa shape index (κ1) is 17.5.